The van der Waals surface area contributed by atoms with E-state index >= 15 is 0 Å². The molecule has 1 atom stereocenters. The fourth-order valence-electron chi connectivity index (χ4n) is 0.921. The Labute approximate surface area is 85.5 Å². The number of ether oxygens (including phenoxy) is 1. The Balaban J connectivity index is 3.80. The summed E-state index contributed by atoms with van der Waals surface area (Å²) in [6, 6.07) is 1.91. The maximum Gasteiger partial charge on any atom is 0.239 e. The van der Waals surface area contributed by atoms with Gasteiger partial charge in [0.2, 0.25) is 5.91 Å². The molecule has 14 heavy (non-hydrogen) atoms. The third kappa shape index (κ3) is 4.83. The Morgan fingerprint density at radius 3 is 2.50 bits per heavy atom. The van der Waals surface area contributed by atoms with Gasteiger partial charge in [0.15, 0.2) is 0 Å². The number of amides is 1. The van der Waals surface area contributed by atoms with Crippen molar-refractivity contribution in [1.29, 1.82) is 5.26 Å². The molecular formula is C10H18N2O2. The number of likely N-dealkylation sites (N-methyl/N-ethyl adjacent to an activating group) is 1. The zero-order valence-corrected chi connectivity index (χ0v) is 9.28. The van der Waals surface area contributed by atoms with E-state index < -0.39 is 5.92 Å². The third-order valence-corrected chi connectivity index (χ3v) is 1.82. The van der Waals surface area contributed by atoms with E-state index in [2.05, 4.69) is 0 Å². The van der Waals surface area contributed by atoms with Crippen LogP contribution in [0.5, 0.6) is 0 Å². The van der Waals surface area contributed by atoms with Crippen molar-refractivity contribution >= 4 is 5.91 Å². The van der Waals surface area contributed by atoms with Crippen LogP contribution in [-0.4, -0.2) is 37.1 Å². The Bertz CT molecular complexity index is 221. The number of rotatable bonds is 5. The zero-order valence-electron chi connectivity index (χ0n) is 9.28. The highest BCUT2D eigenvalue weighted by atomic mass is 16.5. The Kier molecular flexibility index (Phi) is 5.89. The Hall–Kier alpha value is -1.08. The Morgan fingerprint density at radius 1 is 1.50 bits per heavy atom. The van der Waals surface area contributed by atoms with Crippen molar-refractivity contribution in [3.05, 3.63) is 0 Å². The van der Waals surface area contributed by atoms with E-state index in [1.54, 1.807) is 14.0 Å². The van der Waals surface area contributed by atoms with Gasteiger partial charge in [0.05, 0.1) is 18.8 Å². The van der Waals surface area contributed by atoms with Gasteiger partial charge < -0.3 is 9.64 Å². The van der Waals surface area contributed by atoms with Gasteiger partial charge in [0.1, 0.15) is 5.92 Å². The number of hydrogen-bond donors (Lipinski definition) is 0. The molecule has 80 valence electrons. The second-order valence-electron chi connectivity index (χ2n) is 3.53. The summed E-state index contributed by atoms with van der Waals surface area (Å²) in [5.41, 5.74) is 0. The summed E-state index contributed by atoms with van der Waals surface area (Å²) in [6.07, 6.45) is 0.173. The second-order valence-corrected chi connectivity index (χ2v) is 3.53. The van der Waals surface area contributed by atoms with E-state index in [1.165, 1.54) is 4.90 Å². The second kappa shape index (κ2) is 6.39. The van der Waals surface area contributed by atoms with E-state index in [9.17, 15) is 4.79 Å². The first-order valence-corrected chi connectivity index (χ1v) is 4.75. The van der Waals surface area contributed by atoms with E-state index in [0.717, 1.165) is 0 Å². The van der Waals surface area contributed by atoms with Gasteiger partial charge >= 0.3 is 0 Å². The van der Waals surface area contributed by atoms with Crippen molar-refractivity contribution in [2.24, 2.45) is 5.92 Å². The molecule has 0 aromatic heterocycles. The van der Waals surface area contributed by atoms with Crippen LogP contribution in [0.4, 0.5) is 0 Å². The molecule has 0 aliphatic carbocycles. The summed E-state index contributed by atoms with van der Waals surface area (Å²) in [4.78, 5) is 12.9. The minimum atomic E-state index is -0.570. The molecule has 0 fully saturated rings. The lowest BCUT2D eigenvalue weighted by Crippen LogP contribution is -2.34. The predicted molar refractivity (Wildman–Crippen MR) is 53.5 cm³/mol. The predicted octanol–water partition coefficient (Wildman–Crippen LogP) is 1.03. The molecule has 0 saturated heterocycles. The lowest BCUT2D eigenvalue weighted by Gasteiger charge is -2.18. The van der Waals surface area contributed by atoms with Crippen molar-refractivity contribution < 1.29 is 9.53 Å². The minimum absolute atomic E-state index is 0.153. The third-order valence-electron chi connectivity index (χ3n) is 1.82. The molecule has 0 radical (unpaired) electrons. The summed E-state index contributed by atoms with van der Waals surface area (Å²) < 4.78 is 5.30. The first kappa shape index (κ1) is 12.9. The summed E-state index contributed by atoms with van der Waals surface area (Å²) in [7, 11) is 1.68. The van der Waals surface area contributed by atoms with Gasteiger partial charge in [-0.25, -0.2) is 0 Å². The fraction of sp³-hybridized carbons (Fsp3) is 0.800. The molecule has 0 rings (SSSR count). The number of hydrogen-bond acceptors (Lipinski definition) is 3. The molecule has 0 aromatic carbocycles. The van der Waals surface area contributed by atoms with E-state index in [0.29, 0.717) is 13.2 Å². The molecule has 0 aliphatic rings. The number of nitrogens with zero attached hydrogens (tertiary/aromatic N) is 2. The number of nitriles is 1. The highest BCUT2D eigenvalue weighted by Gasteiger charge is 2.16. The van der Waals surface area contributed by atoms with E-state index in [1.807, 2.05) is 19.9 Å². The molecule has 0 saturated carbocycles. The lowest BCUT2D eigenvalue weighted by atomic mass is 10.2. The first-order valence-electron chi connectivity index (χ1n) is 4.75. The summed E-state index contributed by atoms with van der Waals surface area (Å²) in [6.45, 7) is 6.53. The van der Waals surface area contributed by atoms with Crippen LogP contribution >= 0.6 is 0 Å². The summed E-state index contributed by atoms with van der Waals surface area (Å²) in [5.74, 6) is -0.723. The van der Waals surface area contributed by atoms with Gasteiger partial charge in [-0.2, -0.15) is 5.26 Å². The van der Waals surface area contributed by atoms with Gasteiger partial charge in [0, 0.05) is 13.6 Å². The maximum absolute atomic E-state index is 11.4. The molecule has 1 amide bonds. The molecule has 0 heterocycles. The molecule has 0 N–H and O–H groups in total. The van der Waals surface area contributed by atoms with Crippen LogP contribution in [0, 0.1) is 17.2 Å². The highest BCUT2D eigenvalue weighted by molar-refractivity contribution is 5.80. The lowest BCUT2D eigenvalue weighted by molar-refractivity contribution is -0.132. The topological polar surface area (TPSA) is 53.3 Å². The molecule has 4 nitrogen and oxygen atoms in total. The van der Waals surface area contributed by atoms with Crippen LogP contribution in [-0.2, 0) is 9.53 Å². The van der Waals surface area contributed by atoms with Gasteiger partial charge in [-0.15, -0.1) is 0 Å². The molecular weight excluding hydrogens is 180 g/mol. The van der Waals surface area contributed by atoms with Gasteiger partial charge in [-0.1, -0.05) is 0 Å². The van der Waals surface area contributed by atoms with Crippen LogP contribution in [0.3, 0.4) is 0 Å². The molecule has 0 aliphatic heterocycles. The molecule has 0 spiro atoms. The van der Waals surface area contributed by atoms with Crippen molar-refractivity contribution in [3.8, 4) is 6.07 Å². The minimum Gasteiger partial charge on any atom is -0.377 e. The molecule has 4 heteroatoms. The molecule has 0 bridgehead atoms. The number of carbonyl (C=O) groups is 1. The van der Waals surface area contributed by atoms with Crippen LogP contribution in [0.2, 0.25) is 0 Å². The van der Waals surface area contributed by atoms with Crippen molar-refractivity contribution in [2.45, 2.75) is 26.9 Å². The molecule has 1 unspecified atom stereocenters. The monoisotopic (exact) mass is 198 g/mol. The SMILES string of the molecule is CC(C)OCCN(C)C(=O)C(C)C#N. The summed E-state index contributed by atoms with van der Waals surface area (Å²) in [5, 5.41) is 8.54. The van der Waals surface area contributed by atoms with Crippen LogP contribution in [0.15, 0.2) is 0 Å². The average molecular weight is 198 g/mol. The van der Waals surface area contributed by atoms with Crippen molar-refractivity contribution in [1.82, 2.24) is 4.90 Å². The van der Waals surface area contributed by atoms with Crippen molar-refractivity contribution in [3.63, 3.8) is 0 Å². The highest BCUT2D eigenvalue weighted by Crippen LogP contribution is 1.99. The van der Waals surface area contributed by atoms with Gasteiger partial charge in [-0.05, 0) is 20.8 Å². The van der Waals surface area contributed by atoms with Gasteiger partial charge in [0.25, 0.3) is 0 Å². The number of carbonyl (C=O) groups excluding carboxylic acids is 1. The average Bonchev–Trinajstić information content (AvgIpc) is 2.14. The van der Waals surface area contributed by atoms with Crippen LogP contribution < -0.4 is 0 Å². The first-order chi connectivity index (χ1) is 6.49. The Morgan fingerprint density at radius 2 is 2.07 bits per heavy atom. The fourth-order valence-corrected chi connectivity index (χ4v) is 0.921. The van der Waals surface area contributed by atoms with Crippen LogP contribution in [0.1, 0.15) is 20.8 Å². The van der Waals surface area contributed by atoms with E-state index in [4.69, 9.17) is 10.00 Å². The summed E-state index contributed by atoms with van der Waals surface area (Å²) >= 11 is 0. The van der Waals surface area contributed by atoms with Crippen molar-refractivity contribution in [2.75, 3.05) is 20.2 Å². The zero-order chi connectivity index (χ0) is 11.1. The van der Waals surface area contributed by atoms with Crippen LogP contribution in [0.25, 0.3) is 0 Å². The molecule has 0 aromatic rings. The van der Waals surface area contributed by atoms with Gasteiger partial charge in [-0.3, -0.25) is 4.79 Å². The maximum atomic E-state index is 11.4. The normalized spacial score (nSPS) is 12.3. The van der Waals surface area contributed by atoms with E-state index in [-0.39, 0.29) is 12.0 Å². The smallest absolute Gasteiger partial charge is 0.239 e. The quantitative estimate of drug-likeness (QED) is 0.663. The largest absolute Gasteiger partial charge is 0.377 e. The standard InChI is InChI=1S/C10H18N2O2/c1-8(2)14-6-5-12(4)10(13)9(3)7-11/h8-9H,5-6H2,1-4H3.